The summed E-state index contributed by atoms with van der Waals surface area (Å²) < 4.78 is 6.12. The Morgan fingerprint density at radius 1 is 1.06 bits per heavy atom. The van der Waals surface area contributed by atoms with Crippen LogP contribution in [0.25, 0.3) is 0 Å². The van der Waals surface area contributed by atoms with Gasteiger partial charge >= 0.3 is 0 Å². The molecule has 2 amide bonds. The van der Waals surface area contributed by atoms with E-state index in [-0.39, 0.29) is 42.2 Å². The van der Waals surface area contributed by atoms with Crippen molar-refractivity contribution in [1.82, 2.24) is 10.2 Å². The summed E-state index contributed by atoms with van der Waals surface area (Å²) in [4.78, 5) is 37.3. The average Bonchev–Trinajstić information content (AvgIpc) is 3.36. The lowest BCUT2D eigenvalue weighted by Gasteiger charge is -2.27. The zero-order chi connectivity index (χ0) is 22.6. The maximum absolute atomic E-state index is 12.4. The zero-order valence-electron chi connectivity index (χ0n) is 19.1. The van der Waals surface area contributed by atoms with E-state index in [9.17, 15) is 14.4 Å². The van der Waals surface area contributed by atoms with Crippen molar-refractivity contribution >= 4 is 29.2 Å². The second-order valence-corrected chi connectivity index (χ2v) is 9.17. The van der Waals surface area contributed by atoms with Crippen molar-refractivity contribution in [2.45, 2.75) is 83.3 Å². The normalized spacial score (nSPS) is 24.6. The van der Waals surface area contributed by atoms with Crippen molar-refractivity contribution in [3.05, 3.63) is 12.2 Å². The van der Waals surface area contributed by atoms with Crippen LogP contribution < -0.4 is 5.32 Å². The van der Waals surface area contributed by atoms with E-state index in [4.69, 9.17) is 16.3 Å². The molecule has 2 fully saturated rings. The number of alkyl halides is 1. The first-order valence-corrected chi connectivity index (χ1v) is 12.4. The van der Waals surface area contributed by atoms with Gasteiger partial charge in [0.2, 0.25) is 11.8 Å². The van der Waals surface area contributed by atoms with Crippen molar-refractivity contribution in [3.63, 3.8) is 0 Å². The van der Waals surface area contributed by atoms with Gasteiger partial charge in [-0.15, -0.1) is 11.6 Å². The highest BCUT2D eigenvalue weighted by molar-refractivity contribution is 6.27. The standard InChI is InChI=1S/C24H39ClN2O4/c1-3-4-7-12-24(30)27(2)17-23(29)26-16-20-19(21-13-14-22(20)31-21)11-9-6-5-8-10-18(28)15-25/h6,9,19-22H,3-5,7-8,10-17H2,1-2H3,(H,26,29)/t19-,20+,21-,22+/m0/s1. The number of allylic oxidation sites excluding steroid dienone is 2. The monoisotopic (exact) mass is 454 g/mol. The van der Waals surface area contributed by atoms with E-state index < -0.39 is 0 Å². The molecule has 0 aromatic heterocycles. The molecule has 0 aliphatic carbocycles. The Morgan fingerprint density at radius 2 is 1.81 bits per heavy atom. The maximum atomic E-state index is 12.4. The van der Waals surface area contributed by atoms with Gasteiger partial charge in [0, 0.05) is 32.4 Å². The number of carbonyl (C=O) groups excluding carboxylic acids is 3. The molecule has 2 saturated heterocycles. The van der Waals surface area contributed by atoms with E-state index in [0.717, 1.165) is 51.4 Å². The molecule has 0 radical (unpaired) electrons. The Hall–Kier alpha value is -1.40. The number of fused-ring (bicyclic) bond motifs is 2. The minimum atomic E-state index is -0.104. The number of carbonyl (C=O) groups is 3. The molecule has 0 saturated carbocycles. The number of hydrogen-bond acceptors (Lipinski definition) is 4. The maximum Gasteiger partial charge on any atom is 0.239 e. The second-order valence-electron chi connectivity index (χ2n) is 8.90. The van der Waals surface area contributed by atoms with Crippen molar-refractivity contribution in [1.29, 1.82) is 0 Å². The third-order valence-electron chi connectivity index (χ3n) is 6.48. The zero-order valence-corrected chi connectivity index (χ0v) is 19.9. The average molecular weight is 455 g/mol. The third kappa shape index (κ3) is 8.57. The molecule has 0 spiro atoms. The van der Waals surface area contributed by atoms with Crippen LogP contribution in [0.1, 0.15) is 71.1 Å². The highest BCUT2D eigenvalue weighted by atomic mass is 35.5. The van der Waals surface area contributed by atoms with E-state index in [2.05, 4.69) is 24.4 Å². The fourth-order valence-corrected chi connectivity index (χ4v) is 4.78. The smallest absolute Gasteiger partial charge is 0.239 e. The van der Waals surface area contributed by atoms with Crippen LogP contribution in [0.15, 0.2) is 12.2 Å². The summed E-state index contributed by atoms with van der Waals surface area (Å²) >= 11 is 5.52. The molecule has 4 atom stereocenters. The highest BCUT2D eigenvalue weighted by Crippen LogP contribution is 2.44. The summed E-state index contributed by atoms with van der Waals surface area (Å²) in [6.07, 6.45) is 13.7. The van der Waals surface area contributed by atoms with Crippen LogP contribution in [0, 0.1) is 11.8 Å². The molecular weight excluding hydrogens is 416 g/mol. The molecule has 2 aliphatic rings. The molecule has 31 heavy (non-hydrogen) atoms. The SMILES string of the molecule is CCCCCC(=O)N(C)CC(=O)NC[C@@H]1[C@H](CC=CCCCC(=O)CCl)[C@@H]2CC[C@H]1O2. The molecule has 176 valence electrons. The lowest BCUT2D eigenvalue weighted by molar-refractivity contribution is -0.134. The van der Waals surface area contributed by atoms with E-state index in [1.807, 2.05) is 0 Å². The third-order valence-corrected chi connectivity index (χ3v) is 6.77. The van der Waals surface area contributed by atoms with Crippen LogP contribution in [0.4, 0.5) is 0 Å². The molecule has 0 aromatic rings. The number of halogens is 1. The number of unbranched alkanes of at least 4 members (excludes halogenated alkanes) is 3. The summed E-state index contributed by atoms with van der Waals surface area (Å²) in [7, 11) is 1.70. The fraction of sp³-hybridized carbons (Fsp3) is 0.792. The van der Waals surface area contributed by atoms with Crippen LogP contribution in [0.5, 0.6) is 0 Å². The van der Waals surface area contributed by atoms with Gasteiger partial charge in [-0.1, -0.05) is 31.9 Å². The van der Waals surface area contributed by atoms with E-state index >= 15 is 0 Å². The summed E-state index contributed by atoms with van der Waals surface area (Å²) in [6.45, 7) is 2.81. The molecule has 0 unspecified atom stereocenters. The molecule has 0 aromatic carbocycles. The number of Topliss-reactive ketones (excluding diaryl/α,β-unsaturated/α-hetero) is 1. The van der Waals surface area contributed by atoms with Crippen molar-refractivity contribution in [2.75, 3.05) is 26.0 Å². The summed E-state index contributed by atoms with van der Waals surface area (Å²) in [5.41, 5.74) is 0. The van der Waals surface area contributed by atoms with E-state index in [0.29, 0.717) is 31.2 Å². The van der Waals surface area contributed by atoms with Crippen LogP contribution >= 0.6 is 11.6 Å². The summed E-state index contributed by atoms with van der Waals surface area (Å²) in [5, 5.41) is 3.04. The van der Waals surface area contributed by atoms with Crippen molar-refractivity contribution in [2.24, 2.45) is 11.8 Å². The van der Waals surface area contributed by atoms with Gasteiger partial charge in [-0.25, -0.2) is 0 Å². The molecule has 7 heteroatoms. The number of nitrogens with zero attached hydrogens (tertiary/aromatic N) is 1. The van der Waals surface area contributed by atoms with Gasteiger partial charge in [-0.2, -0.15) is 0 Å². The van der Waals surface area contributed by atoms with E-state index in [1.54, 1.807) is 7.05 Å². The van der Waals surface area contributed by atoms with Crippen LogP contribution in [-0.4, -0.2) is 60.7 Å². The topological polar surface area (TPSA) is 75.7 Å². The molecule has 2 rings (SSSR count). The van der Waals surface area contributed by atoms with Crippen molar-refractivity contribution < 1.29 is 19.1 Å². The number of amides is 2. The molecule has 2 bridgehead atoms. The quantitative estimate of drug-likeness (QED) is 0.231. The molecule has 1 N–H and O–H groups in total. The Balaban J connectivity index is 1.72. The number of hydrogen-bond donors (Lipinski definition) is 1. The first-order valence-electron chi connectivity index (χ1n) is 11.8. The van der Waals surface area contributed by atoms with Gasteiger partial charge in [0.05, 0.1) is 24.6 Å². The number of ketones is 1. The van der Waals surface area contributed by atoms with Gasteiger partial charge in [0.25, 0.3) is 0 Å². The molecule has 2 heterocycles. The largest absolute Gasteiger partial charge is 0.374 e. The molecular formula is C24H39ClN2O4. The number of rotatable bonds is 15. The minimum Gasteiger partial charge on any atom is -0.374 e. The van der Waals surface area contributed by atoms with Crippen molar-refractivity contribution in [3.8, 4) is 0 Å². The summed E-state index contributed by atoms with van der Waals surface area (Å²) in [6, 6.07) is 0. The Kier molecular flexibility index (Phi) is 11.6. The summed E-state index contributed by atoms with van der Waals surface area (Å²) in [5.74, 6) is 0.849. The van der Waals surface area contributed by atoms with Gasteiger partial charge in [-0.05, 0) is 44.4 Å². The van der Waals surface area contributed by atoms with Crippen LogP contribution in [0.2, 0.25) is 0 Å². The molecule has 2 aliphatic heterocycles. The Morgan fingerprint density at radius 3 is 2.52 bits per heavy atom. The predicted octanol–water partition coefficient (Wildman–Crippen LogP) is 3.86. The highest BCUT2D eigenvalue weighted by Gasteiger charge is 2.47. The van der Waals surface area contributed by atoms with Crippen LogP contribution in [0.3, 0.4) is 0 Å². The minimum absolute atomic E-state index is 0.0302. The fourth-order valence-electron chi connectivity index (χ4n) is 4.64. The predicted molar refractivity (Wildman–Crippen MR) is 123 cm³/mol. The van der Waals surface area contributed by atoms with Gasteiger partial charge in [-0.3, -0.25) is 14.4 Å². The lowest BCUT2D eigenvalue weighted by Crippen LogP contribution is -2.43. The number of nitrogens with one attached hydrogen (secondary N) is 1. The first kappa shape index (κ1) is 25.9. The lowest BCUT2D eigenvalue weighted by atomic mass is 9.77. The molecule has 6 nitrogen and oxygen atoms in total. The van der Waals surface area contributed by atoms with Gasteiger partial charge in [0.15, 0.2) is 0 Å². The first-order chi connectivity index (χ1) is 15.0. The van der Waals surface area contributed by atoms with Gasteiger partial charge < -0.3 is 15.0 Å². The second kappa shape index (κ2) is 13.9. The number of ether oxygens (including phenoxy) is 1. The number of likely N-dealkylation sites (N-methyl/N-ethyl adjacent to an activating group) is 1. The Labute approximate surface area is 192 Å². The Bertz CT molecular complexity index is 625. The van der Waals surface area contributed by atoms with Crippen LogP contribution in [-0.2, 0) is 19.1 Å². The van der Waals surface area contributed by atoms with E-state index in [1.165, 1.54) is 4.90 Å². The van der Waals surface area contributed by atoms with Gasteiger partial charge in [0.1, 0.15) is 5.78 Å².